The second-order valence-electron chi connectivity index (χ2n) is 6.84. The summed E-state index contributed by atoms with van der Waals surface area (Å²) in [4.78, 5) is 2.67. The molecule has 116 valence electrons. The van der Waals surface area contributed by atoms with Gasteiger partial charge >= 0.3 is 0 Å². The Kier molecular flexibility index (Phi) is 4.69. The monoisotopic (exact) mass is 288 g/mol. The van der Waals surface area contributed by atoms with E-state index in [1.165, 1.54) is 38.8 Å². The molecule has 1 aromatic carbocycles. The van der Waals surface area contributed by atoms with Gasteiger partial charge in [-0.15, -0.1) is 0 Å². The highest BCUT2D eigenvalue weighted by molar-refractivity contribution is 5.57. The Hall–Kier alpha value is -1.22. The predicted octanol–water partition coefficient (Wildman–Crippen LogP) is 3.76. The van der Waals surface area contributed by atoms with Gasteiger partial charge in [-0.25, -0.2) is 0 Å². The van der Waals surface area contributed by atoms with Gasteiger partial charge in [0.05, 0.1) is 12.3 Å². The van der Waals surface area contributed by atoms with Crippen molar-refractivity contribution < 1.29 is 4.74 Å². The number of benzene rings is 1. The summed E-state index contributed by atoms with van der Waals surface area (Å²) in [6.45, 7) is 7.68. The number of nitrogens with zero attached hydrogens (tertiary/aromatic N) is 1. The fourth-order valence-corrected chi connectivity index (χ4v) is 3.58. The first-order chi connectivity index (χ1) is 10.2. The van der Waals surface area contributed by atoms with Crippen LogP contribution in [0.1, 0.15) is 39.5 Å². The summed E-state index contributed by atoms with van der Waals surface area (Å²) >= 11 is 0. The van der Waals surface area contributed by atoms with Crippen LogP contribution >= 0.6 is 0 Å². The molecule has 2 heterocycles. The Balaban J connectivity index is 1.67. The van der Waals surface area contributed by atoms with Crippen molar-refractivity contribution in [2.75, 3.05) is 25.0 Å². The SMILES string of the molecule is CC(C)COc1ccccc1NC1CCN2CCCCC12. The van der Waals surface area contributed by atoms with Crippen molar-refractivity contribution in [3.05, 3.63) is 24.3 Å². The third-order valence-corrected chi connectivity index (χ3v) is 4.66. The summed E-state index contributed by atoms with van der Waals surface area (Å²) in [7, 11) is 0. The highest BCUT2D eigenvalue weighted by Gasteiger charge is 2.35. The molecule has 1 aromatic rings. The topological polar surface area (TPSA) is 24.5 Å². The molecule has 3 heteroatoms. The first-order valence-electron chi connectivity index (χ1n) is 8.46. The Morgan fingerprint density at radius 2 is 2.05 bits per heavy atom. The second-order valence-corrected chi connectivity index (χ2v) is 6.84. The van der Waals surface area contributed by atoms with Crippen molar-refractivity contribution in [2.24, 2.45) is 5.92 Å². The zero-order valence-electron chi connectivity index (χ0n) is 13.3. The van der Waals surface area contributed by atoms with E-state index in [4.69, 9.17) is 4.74 Å². The fourth-order valence-electron chi connectivity index (χ4n) is 3.58. The lowest BCUT2D eigenvalue weighted by atomic mass is 9.99. The van der Waals surface area contributed by atoms with Crippen molar-refractivity contribution in [3.63, 3.8) is 0 Å². The Morgan fingerprint density at radius 3 is 2.90 bits per heavy atom. The number of anilines is 1. The number of hydrogen-bond acceptors (Lipinski definition) is 3. The lowest BCUT2D eigenvalue weighted by Crippen LogP contribution is -2.41. The number of ether oxygens (including phenoxy) is 1. The van der Waals surface area contributed by atoms with Crippen LogP contribution in [0.15, 0.2) is 24.3 Å². The molecule has 2 aliphatic heterocycles. The molecular formula is C18H28N2O. The average molecular weight is 288 g/mol. The molecular weight excluding hydrogens is 260 g/mol. The van der Waals surface area contributed by atoms with E-state index >= 15 is 0 Å². The van der Waals surface area contributed by atoms with Gasteiger partial charge < -0.3 is 10.1 Å². The lowest BCUT2D eigenvalue weighted by Gasteiger charge is -2.33. The molecule has 2 aliphatic rings. The number of piperidine rings is 1. The van der Waals surface area contributed by atoms with Crippen molar-refractivity contribution in [1.82, 2.24) is 4.90 Å². The maximum atomic E-state index is 5.97. The summed E-state index contributed by atoms with van der Waals surface area (Å²) in [5, 5.41) is 3.77. The van der Waals surface area contributed by atoms with E-state index in [0.717, 1.165) is 24.1 Å². The lowest BCUT2D eigenvalue weighted by molar-refractivity contribution is 0.192. The van der Waals surface area contributed by atoms with Gasteiger partial charge in [0.25, 0.3) is 0 Å². The zero-order valence-corrected chi connectivity index (χ0v) is 13.3. The molecule has 1 N–H and O–H groups in total. The van der Waals surface area contributed by atoms with Gasteiger partial charge in [0.1, 0.15) is 5.75 Å². The van der Waals surface area contributed by atoms with Crippen molar-refractivity contribution in [1.29, 1.82) is 0 Å². The first kappa shape index (κ1) is 14.7. The summed E-state index contributed by atoms with van der Waals surface area (Å²) in [5.74, 6) is 1.55. The van der Waals surface area contributed by atoms with Crippen LogP contribution in [-0.2, 0) is 0 Å². The normalized spacial score (nSPS) is 25.9. The maximum absolute atomic E-state index is 5.97. The molecule has 0 bridgehead atoms. The van der Waals surface area contributed by atoms with Crippen LogP contribution in [0.5, 0.6) is 5.75 Å². The van der Waals surface area contributed by atoms with E-state index in [-0.39, 0.29) is 0 Å². The van der Waals surface area contributed by atoms with E-state index in [1.807, 2.05) is 0 Å². The third kappa shape index (κ3) is 3.52. The number of rotatable bonds is 5. The van der Waals surface area contributed by atoms with Crippen molar-refractivity contribution in [3.8, 4) is 5.75 Å². The number of para-hydroxylation sites is 2. The zero-order chi connectivity index (χ0) is 14.7. The Bertz CT molecular complexity index is 460. The highest BCUT2D eigenvalue weighted by atomic mass is 16.5. The molecule has 0 spiro atoms. The summed E-state index contributed by atoms with van der Waals surface area (Å²) < 4.78 is 5.97. The van der Waals surface area contributed by atoms with Crippen LogP contribution < -0.4 is 10.1 Å². The van der Waals surface area contributed by atoms with Gasteiger partial charge in [0.2, 0.25) is 0 Å². The molecule has 3 rings (SSSR count). The number of fused-ring (bicyclic) bond motifs is 1. The van der Waals surface area contributed by atoms with Gasteiger partial charge in [-0.05, 0) is 43.9 Å². The minimum atomic E-state index is 0.554. The fraction of sp³-hybridized carbons (Fsp3) is 0.667. The summed E-state index contributed by atoms with van der Waals surface area (Å²) in [6, 6.07) is 9.69. The molecule has 0 radical (unpaired) electrons. The first-order valence-corrected chi connectivity index (χ1v) is 8.46. The molecule has 21 heavy (non-hydrogen) atoms. The molecule has 3 nitrogen and oxygen atoms in total. The average Bonchev–Trinajstić information content (AvgIpc) is 2.90. The predicted molar refractivity (Wildman–Crippen MR) is 88.0 cm³/mol. The molecule has 2 unspecified atom stereocenters. The standard InChI is InChI=1S/C18H28N2O/c1-14(2)13-21-18-9-4-3-7-16(18)19-15-10-12-20-11-6-5-8-17(15)20/h3-4,7,9,14-15,17,19H,5-6,8,10-13H2,1-2H3. The number of nitrogens with one attached hydrogen (secondary N) is 1. The van der Waals surface area contributed by atoms with Crippen LogP contribution in [0.4, 0.5) is 5.69 Å². The third-order valence-electron chi connectivity index (χ3n) is 4.66. The minimum absolute atomic E-state index is 0.554. The largest absolute Gasteiger partial charge is 0.491 e. The Labute approximate surface area is 128 Å². The molecule has 2 atom stereocenters. The van der Waals surface area contributed by atoms with Gasteiger partial charge in [-0.1, -0.05) is 32.4 Å². The van der Waals surface area contributed by atoms with Crippen molar-refractivity contribution >= 4 is 5.69 Å². The van der Waals surface area contributed by atoms with E-state index in [9.17, 15) is 0 Å². The smallest absolute Gasteiger partial charge is 0.142 e. The van der Waals surface area contributed by atoms with Crippen LogP contribution in [0.25, 0.3) is 0 Å². The van der Waals surface area contributed by atoms with E-state index < -0.39 is 0 Å². The molecule has 0 saturated carbocycles. The molecule has 2 saturated heterocycles. The van der Waals surface area contributed by atoms with E-state index in [2.05, 4.69) is 48.3 Å². The van der Waals surface area contributed by atoms with Crippen molar-refractivity contribution in [2.45, 2.75) is 51.6 Å². The van der Waals surface area contributed by atoms with E-state index in [0.29, 0.717) is 12.0 Å². The van der Waals surface area contributed by atoms with Crippen LogP contribution in [0.3, 0.4) is 0 Å². The van der Waals surface area contributed by atoms with E-state index in [1.54, 1.807) is 0 Å². The second kappa shape index (κ2) is 6.69. The van der Waals surface area contributed by atoms with Gasteiger partial charge in [0, 0.05) is 18.6 Å². The minimum Gasteiger partial charge on any atom is -0.491 e. The molecule has 0 amide bonds. The molecule has 2 fully saturated rings. The van der Waals surface area contributed by atoms with Crippen LogP contribution in [0.2, 0.25) is 0 Å². The maximum Gasteiger partial charge on any atom is 0.142 e. The molecule has 0 aliphatic carbocycles. The van der Waals surface area contributed by atoms with Crippen LogP contribution in [-0.4, -0.2) is 36.7 Å². The summed E-state index contributed by atoms with van der Waals surface area (Å²) in [6.07, 6.45) is 5.35. The van der Waals surface area contributed by atoms with Gasteiger partial charge in [0.15, 0.2) is 0 Å². The quantitative estimate of drug-likeness (QED) is 0.893. The highest BCUT2D eigenvalue weighted by Crippen LogP contribution is 2.32. The van der Waals surface area contributed by atoms with Crippen LogP contribution in [0, 0.1) is 5.92 Å². The summed E-state index contributed by atoms with van der Waals surface area (Å²) in [5.41, 5.74) is 1.16. The Morgan fingerprint density at radius 1 is 1.19 bits per heavy atom. The van der Waals surface area contributed by atoms with Gasteiger partial charge in [-0.2, -0.15) is 0 Å². The molecule has 0 aromatic heterocycles. The van der Waals surface area contributed by atoms with Gasteiger partial charge in [-0.3, -0.25) is 4.90 Å². The number of hydrogen-bond donors (Lipinski definition) is 1.